The normalized spacial score (nSPS) is 19.2. The summed E-state index contributed by atoms with van der Waals surface area (Å²) in [6.45, 7) is 22.3. The Morgan fingerprint density at radius 3 is 2.04 bits per heavy atom. The molecule has 1 saturated carbocycles. The number of hydrogen-bond donors (Lipinski definition) is 0. The number of carbonyl (C=O) groups is 3. The molecule has 3 atom stereocenters. The van der Waals surface area contributed by atoms with E-state index in [0.29, 0.717) is 29.0 Å². The van der Waals surface area contributed by atoms with Crippen LogP contribution in [0.4, 0.5) is 13.2 Å². The van der Waals surface area contributed by atoms with Gasteiger partial charge in [-0.2, -0.15) is 13.2 Å². The molecule has 378 valence electrons. The van der Waals surface area contributed by atoms with E-state index in [0.717, 1.165) is 37.5 Å². The summed E-state index contributed by atoms with van der Waals surface area (Å²) >= 11 is 0.839. The summed E-state index contributed by atoms with van der Waals surface area (Å²) in [6, 6.07) is 9.77. The Balaban J connectivity index is 0.000000172. The maximum absolute atomic E-state index is 13.8. The second kappa shape index (κ2) is 21.6. The number of furan rings is 1. The summed E-state index contributed by atoms with van der Waals surface area (Å²) in [5.74, 6) is 8.01. The van der Waals surface area contributed by atoms with Gasteiger partial charge in [0.15, 0.2) is 11.6 Å². The van der Waals surface area contributed by atoms with Crippen molar-refractivity contribution in [2.24, 2.45) is 23.2 Å². The van der Waals surface area contributed by atoms with Crippen LogP contribution in [0.3, 0.4) is 0 Å². The van der Waals surface area contributed by atoms with E-state index in [-0.39, 0.29) is 50.8 Å². The van der Waals surface area contributed by atoms with Crippen molar-refractivity contribution >= 4 is 68.5 Å². The minimum absolute atomic E-state index is 0.0446. The molecule has 3 aromatic carbocycles. The molecular formula is C58H74BrF3O6SiSn. The summed E-state index contributed by atoms with van der Waals surface area (Å²) in [7, 11) is 1.08. The summed E-state index contributed by atoms with van der Waals surface area (Å²) < 4.78 is 58.2. The maximum atomic E-state index is 13.8. The van der Waals surface area contributed by atoms with Gasteiger partial charge in [-0.1, -0.05) is 49.7 Å². The summed E-state index contributed by atoms with van der Waals surface area (Å²) in [5, 5.41) is 1.41. The Bertz CT molecular complexity index is 2700. The number of alkyl halides is 3. The Morgan fingerprint density at radius 1 is 0.871 bits per heavy atom. The molecule has 6 nitrogen and oxygen atoms in total. The van der Waals surface area contributed by atoms with Gasteiger partial charge in [0, 0.05) is 47.1 Å². The third-order valence-corrected chi connectivity index (χ3v) is 23.1. The van der Waals surface area contributed by atoms with Gasteiger partial charge in [0.1, 0.15) is 23.2 Å². The molecule has 12 heteroatoms. The van der Waals surface area contributed by atoms with Crippen LogP contribution >= 0.6 is 15.9 Å². The van der Waals surface area contributed by atoms with Crippen molar-refractivity contribution in [3.05, 3.63) is 96.7 Å². The number of fused-ring (bicyclic) bond motifs is 3. The van der Waals surface area contributed by atoms with Crippen LogP contribution in [0.2, 0.25) is 34.5 Å². The zero-order chi connectivity index (χ0) is 52.0. The van der Waals surface area contributed by atoms with Crippen LogP contribution in [-0.2, 0) is 30.2 Å². The average molecular weight is 1150 g/mol. The predicted molar refractivity (Wildman–Crippen MR) is 286 cm³/mol. The van der Waals surface area contributed by atoms with Gasteiger partial charge in [0.25, 0.3) is 0 Å². The van der Waals surface area contributed by atoms with E-state index in [4.69, 9.17) is 13.9 Å². The summed E-state index contributed by atoms with van der Waals surface area (Å²) in [5.41, 5.74) is 7.82. The van der Waals surface area contributed by atoms with Crippen molar-refractivity contribution in [2.45, 2.75) is 159 Å². The fourth-order valence-corrected chi connectivity index (χ4v) is 17.5. The molecule has 0 amide bonds. The molecule has 0 saturated heterocycles. The molecule has 1 heterocycles. The number of carbonyl (C=O) groups excluding carboxylic acids is 3. The molecule has 1 fully saturated rings. The van der Waals surface area contributed by atoms with E-state index >= 15 is 0 Å². The van der Waals surface area contributed by atoms with Gasteiger partial charge in [-0.15, -0.1) is 0 Å². The minimum atomic E-state index is -4.74. The quantitative estimate of drug-likeness (QED) is 0.129. The van der Waals surface area contributed by atoms with E-state index in [1.807, 2.05) is 0 Å². The topological polar surface area (TPSA) is 82.8 Å². The van der Waals surface area contributed by atoms with Gasteiger partial charge < -0.3 is 13.9 Å². The molecule has 4 aromatic rings. The zero-order valence-electron chi connectivity index (χ0n) is 44.2. The SMILES string of the molecule is CCC1Cc2cc([Si](C)(C)C)cc(C#CC(C)(C)C)c2C1=O.COc1c(Br)c2c(c(-c3ccco3)c1C(F)(F)F)C(=O)C(OC)C2.Cc1c[c]([Sn]([CH3])([CH3])[CH3])c2c(c1C1CCCCC1)CC(C(C)C)C2=O. The molecule has 1 aromatic heterocycles. The number of benzene rings is 3. The number of methoxy groups -OCH3 is 2. The number of Topliss-reactive ketones (excluding diaryl/α,β-unsaturated/α-hetero) is 3. The monoisotopic (exact) mass is 1150 g/mol. The van der Waals surface area contributed by atoms with Crippen molar-refractivity contribution in [3.8, 4) is 28.9 Å². The van der Waals surface area contributed by atoms with Crippen LogP contribution in [-0.4, -0.2) is 64.1 Å². The van der Waals surface area contributed by atoms with Crippen LogP contribution in [0, 0.1) is 41.9 Å². The number of aryl methyl sites for hydroxylation is 1. The number of ketones is 3. The molecule has 0 spiro atoms. The van der Waals surface area contributed by atoms with Crippen molar-refractivity contribution in [3.63, 3.8) is 0 Å². The van der Waals surface area contributed by atoms with Crippen molar-refractivity contribution < 1.29 is 41.4 Å². The Morgan fingerprint density at radius 2 is 1.53 bits per heavy atom. The molecule has 0 bridgehead atoms. The third-order valence-electron chi connectivity index (χ3n) is 14.5. The zero-order valence-corrected chi connectivity index (χ0v) is 49.6. The second-order valence-corrected chi connectivity index (χ2v) is 43.5. The van der Waals surface area contributed by atoms with Crippen LogP contribution in [0.1, 0.15) is 156 Å². The Labute approximate surface area is 429 Å². The van der Waals surface area contributed by atoms with Crippen molar-refractivity contribution in [1.82, 2.24) is 0 Å². The number of halogens is 4. The van der Waals surface area contributed by atoms with E-state index < -0.39 is 50.1 Å². The van der Waals surface area contributed by atoms with E-state index in [1.165, 1.54) is 88.6 Å². The fourth-order valence-electron chi connectivity index (χ4n) is 10.8. The molecule has 0 N–H and O–H groups in total. The second-order valence-electron chi connectivity index (χ2n) is 23.2. The molecule has 3 unspecified atom stereocenters. The van der Waals surface area contributed by atoms with E-state index in [9.17, 15) is 27.6 Å². The van der Waals surface area contributed by atoms with Crippen LogP contribution < -0.4 is 13.5 Å². The van der Waals surface area contributed by atoms with Crippen molar-refractivity contribution in [1.29, 1.82) is 0 Å². The number of hydrogen-bond acceptors (Lipinski definition) is 6. The first-order valence-electron chi connectivity index (χ1n) is 25.1. The predicted octanol–water partition coefficient (Wildman–Crippen LogP) is 14.5. The molecule has 0 aliphatic heterocycles. The van der Waals surface area contributed by atoms with Gasteiger partial charge in [-0.3, -0.25) is 9.59 Å². The number of ether oxygens (including phenoxy) is 2. The Hall–Kier alpha value is -3.44. The van der Waals surface area contributed by atoms with Gasteiger partial charge in [0.2, 0.25) is 0 Å². The average Bonchev–Trinajstić information content (AvgIpc) is 4.07. The first-order valence-corrected chi connectivity index (χ1v) is 39.4. The molecule has 4 aliphatic carbocycles. The molecule has 70 heavy (non-hydrogen) atoms. The molecular weight excluding hydrogens is 1080 g/mol. The number of rotatable bonds is 8. The fraction of sp³-hybridized carbons (Fsp3) is 0.534. The van der Waals surface area contributed by atoms with Gasteiger partial charge in [0.05, 0.1) is 25.9 Å². The molecule has 4 aliphatic rings. The molecule has 0 radical (unpaired) electrons. The van der Waals surface area contributed by atoms with E-state index in [2.05, 4.69) is 129 Å². The van der Waals surface area contributed by atoms with Gasteiger partial charge in [-0.25, -0.2) is 0 Å². The first kappa shape index (κ1) is 55.9. The summed E-state index contributed by atoms with van der Waals surface area (Å²) in [4.78, 5) is 45.9. The van der Waals surface area contributed by atoms with Gasteiger partial charge >= 0.3 is 159 Å². The van der Waals surface area contributed by atoms with Gasteiger partial charge in [-0.05, 0) is 78.9 Å². The van der Waals surface area contributed by atoms with Crippen LogP contribution in [0.5, 0.6) is 5.75 Å². The van der Waals surface area contributed by atoms with Crippen LogP contribution in [0.15, 0.2) is 45.5 Å². The Kier molecular flexibility index (Phi) is 17.2. The standard InChI is InChI=1S/C20H28OSi.C19H25O.C16H12BrF3O4.3CH3.Sn/c1-8-14-11-16-13-17(22(5,6)7)12-15(18(16)19(14)21)9-10-20(2,3)4;1-12(2)16-11-17-15(19(16)20)10-9-13(3)18(17)14-7-5-4-6-8-14;1-22-9-6-7-10(14(9)21)11(8-4-3-5-24-8)12(16(18,19)20)15(23-2)13(7)17;;;;/h12-14H,8,11H2,1-7H3;9,12,14,16H,4-8,11H2,1-3H3;3-5,9H,6H2,1-2H3;3*1H3;. The summed E-state index contributed by atoms with van der Waals surface area (Å²) in [6.07, 6.45) is 5.43. The molecule has 8 rings (SSSR count). The van der Waals surface area contributed by atoms with E-state index in [1.54, 1.807) is 5.56 Å². The van der Waals surface area contributed by atoms with Crippen molar-refractivity contribution in [2.75, 3.05) is 14.2 Å². The third kappa shape index (κ3) is 11.7. The van der Waals surface area contributed by atoms with Crippen LogP contribution in [0.25, 0.3) is 11.3 Å². The first-order chi connectivity index (χ1) is 32.5.